The summed E-state index contributed by atoms with van der Waals surface area (Å²) in [6.07, 6.45) is 2.45. The van der Waals surface area contributed by atoms with E-state index in [1.807, 2.05) is 11.0 Å². The number of hydrogen-bond donors (Lipinski definition) is 1. The van der Waals surface area contributed by atoms with E-state index in [1.165, 1.54) is 31.5 Å². The summed E-state index contributed by atoms with van der Waals surface area (Å²) in [7, 11) is 2.20. The molecule has 0 saturated carbocycles. The van der Waals surface area contributed by atoms with Crippen LogP contribution in [-0.4, -0.2) is 73.0 Å². The normalized spacial score (nSPS) is 22.8. The van der Waals surface area contributed by atoms with Gasteiger partial charge in [0.25, 0.3) is 0 Å². The minimum Gasteiger partial charge on any atom is -0.332 e. The van der Waals surface area contributed by atoms with Crippen molar-refractivity contribution in [3.8, 4) is 0 Å². The lowest BCUT2D eigenvalue weighted by Crippen LogP contribution is -2.56. The SMILES string of the molecule is CN1CCC(N2CCN(C(=O)CN)C(c3ccccc3)C2)CC1.Cl.Cl. The molecule has 2 N–H and O–H groups in total. The summed E-state index contributed by atoms with van der Waals surface area (Å²) >= 11 is 0. The third kappa shape index (κ3) is 5.31. The van der Waals surface area contributed by atoms with Gasteiger partial charge in [-0.1, -0.05) is 30.3 Å². The molecule has 3 rings (SSSR count). The van der Waals surface area contributed by atoms with Crippen LogP contribution in [0.3, 0.4) is 0 Å². The molecule has 2 saturated heterocycles. The van der Waals surface area contributed by atoms with E-state index in [-0.39, 0.29) is 43.3 Å². The Morgan fingerprint density at radius 2 is 1.72 bits per heavy atom. The predicted molar refractivity (Wildman–Crippen MR) is 107 cm³/mol. The maximum atomic E-state index is 12.3. The van der Waals surface area contributed by atoms with Crippen LogP contribution < -0.4 is 5.73 Å². The van der Waals surface area contributed by atoms with Crippen LogP contribution in [-0.2, 0) is 4.79 Å². The van der Waals surface area contributed by atoms with E-state index < -0.39 is 0 Å². The number of benzene rings is 1. The molecule has 1 unspecified atom stereocenters. The maximum Gasteiger partial charge on any atom is 0.236 e. The van der Waals surface area contributed by atoms with Gasteiger partial charge in [0, 0.05) is 25.7 Å². The molecule has 1 aromatic rings. The number of amides is 1. The Hall–Kier alpha value is -0.850. The van der Waals surface area contributed by atoms with Crippen molar-refractivity contribution in [2.75, 3.05) is 46.3 Å². The Balaban J connectivity index is 0.00000156. The first-order valence-electron chi connectivity index (χ1n) is 8.66. The van der Waals surface area contributed by atoms with E-state index in [4.69, 9.17) is 5.73 Å². The monoisotopic (exact) mass is 388 g/mol. The molecule has 0 aromatic heterocycles. The summed E-state index contributed by atoms with van der Waals surface area (Å²) in [6, 6.07) is 11.1. The summed E-state index contributed by atoms with van der Waals surface area (Å²) < 4.78 is 0. The number of carbonyl (C=O) groups excluding carboxylic acids is 1. The minimum atomic E-state index is 0. The van der Waals surface area contributed by atoms with Gasteiger partial charge in [-0.05, 0) is 38.5 Å². The molecule has 0 aliphatic carbocycles. The van der Waals surface area contributed by atoms with Crippen LogP contribution >= 0.6 is 24.8 Å². The topological polar surface area (TPSA) is 52.8 Å². The van der Waals surface area contributed by atoms with Gasteiger partial charge in [0.1, 0.15) is 0 Å². The molecule has 0 radical (unpaired) electrons. The van der Waals surface area contributed by atoms with Crippen molar-refractivity contribution in [1.82, 2.24) is 14.7 Å². The van der Waals surface area contributed by atoms with Gasteiger partial charge in [-0.2, -0.15) is 0 Å². The van der Waals surface area contributed by atoms with E-state index in [1.54, 1.807) is 0 Å². The minimum absolute atomic E-state index is 0. The number of piperazine rings is 1. The second-order valence-corrected chi connectivity index (χ2v) is 6.75. The Morgan fingerprint density at radius 3 is 2.32 bits per heavy atom. The number of nitrogens with zero attached hydrogens (tertiary/aromatic N) is 3. The third-order valence-corrected chi connectivity index (χ3v) is 5.30. The second-order valence-electron chi connectivity index (χ2n) is 6.75. The molecule has 2 aliphatic rings. The van der Waals surface area contributed by atoms with Crippen molar-refractivity contribution in [3.05, 3.63) is 35.9 Å². The lowest BCUT2D eigenvalue weighted by atomic mass is 9.97. The zero-order chi connectivity index (χ0) is 16.2. The Kier molecular flexibility index (Phi) is 9.17. The molecular formula is C18H30Cl2N4O. The molecule has 0 bridgehead atoms. The van der Waals surface area contributed by atoms with Crippen LogP contribution in [0.2, 0.25) is 0 Å². The van der Waals surface area contributed by atoms with E-state index >= 15 is 0 Å². The van der Waals surface area contributed by atoms with Crippen LogP contribution in [0.25, 0.3) is 0 Å². The molecule has 1 aromatic carbocycles. The number of nitrogens with two attached hydrogens (primary N) is 1. The molecule has 1 amide bonds. The molecule has 2 heterocycles. The summed E-state index contributed by atoms with van der Waals surface area (Å²) in [4.78, 5) is 19.2. The smallest absolute Gasteiger partial charge is 0.236 e. The quantitative estimate of drug-likeness (QED) is 0.856. The van der Waals surface area contributed by atoms with Crippen LogP contribution in [0.15, 0.2) is 30.3 Å². The van der Waals surface area contributed by atoms with Gasteiger partial charge >= 0.3 is 0 Å². The van der Waals surface area contributed by atoms with E-state index in [2.05, 4.69) is 41.1 Å². The number of carbonyl (C=O) groups is 1. The maximum absolute atomic E-state index is 12.3. The standard InChI is InChI=1S/C18H28N4O.2ClH/c1-20-9-7-16(8-10-20)21-11-12-22(18(23)13-19)17(14-21)15-5-3-2-4-6-15;;/h2-6,16-17H,7-14,19H2,1H3;2*1H. The van der Waals surface area contributed by atoms with Gasteiger partial charge in [-0.15, -0.1) is 24.8 Å². The molecule has 2 fully saturated rings. The Labute approximate surface area is 163 Å². The largest absolute Gasteiger partial charge is 0.332 e. The number of piperidine rings is 1. The van der Waals surface area contributed by atoms with Gasteiger partial charge in [0.2, 0.25) is 5.91 Å². The highest BCUT2D eigenvalue weighted by atomic mass is 35.5. The van der Waals surface area contributed by atoms with Crippen molar-refractivity contribution >= 4 is 30.7 Å². The first-order valence-corrected chi connectivity index (χ1v) is 8.66. The second kappa shape index (κ2) is 10.3. The van der Waals surface area contributed by atoms with Gasteiger partial charge in [-0.25, -0.2) is 0 Å². The number of hydrogen-bond acceptors (Lipinski definition) is 4. The first kappa shape index (κ1) is 22.2. The molecule has 7 heteroatoms. The van der Waals surface area contributed by atoms with E-state index in [9.17, 15) is 4.79 Å². The lowest BCUT2D eigenvalue weighted by Gasteiger charge is -2.46. The van der Waals surface area contributed by atoms with Crippen LogP contribution in [0.1, 0.15) is 24.4 Å². The zero-order valence-corrected chi connectivity index (χ0v) is 16.5. The lowest BCUT2D eigenvalue weighted by molar-refractivity contribution is -0.135. The summed E-state index contributed by atoms with van der Waals surface area (Å²) in [5.74, 6) is 0.0573. The van der Waals surface area contributed by atoms with Crippen molar-refractivity contribution in [3.63, 3.8) is 0 Å². The van der Waals surface area contributed by atoms with Gasteiger partial charge in [0.15, 0.2) is 0 Å². The van der Waals surface area contributed by atoms with E-state index in [0.717, 1.165) is 19.6 Å². The number of likely N-dealkylation sites (tertiary alicyclic amines) is 1. The molecule has 2 aliphatic heterocycles. The van der Waals surface area contributed by atoms with Crippen LogP contribution in [0.4, 0.5) is 0 Å². The van der Waals surface area contributed by atoms with Crippen LogP contribution in [0, 0.1) is 0 Å². The van der Waals surface area contributed by atoms with Crippen molar-refractivity contribution in [2.45, 2.75) is 24.9 Å². The van der Waals surface area contributed by atoms with Crippen molar-refractivity contribution < 1.29 is 4.79 Å². The molecule has 25 heavy (non-hydrogen) atoms. The zero-order valence-electron chi connectivity index (χ0n) is 14.8. The van der Waals surface area contributed by atoms with E-state index in [0.29, 0.717) is 6.04 Å². The molecular weight excluding hydrogens is 359 g/mol. The number of halogens is 2. The van der Waals surface area contributed by atoms with Gasteiger partial charge < -0.3 is 15.5 Å². The van der Waals surface area contributed by atoms with Crippen molar-refractivity contribution in [1.29, 1.82) is 0 Å². The summed E-state index contributed by atoms with van der Waals surface area (Å²) in [5, 5.41) is 0. The predicted octanol–water partition coefficient (Wildman–Crippen LogP) is 1.77. The average molecular weight is 389 g/mol. The third-order valence-electron chi connectivity index (χ3n) is 5.30. The molecule has 5 nitrogen and oxygen atoms in total. The van der Waals surface area contributed by atoms with Crippen molar-refractivity contribution in [2.24, 2.45) is 5.73 Å². The molecule has 1 atom stereocenters. The Morgan fingerprint density at radius 1 is 1.08 bits per heavy atom. The molecule has 0 spiro atoms. The summed E-state index contributed by atoms with van der Waals surface area (Å²) in [6.45, 7) is 5.10. The first-order chi connectivity index (χ1) is 11.2. The van der Waals surface area contributed by atoms with Crippen LogP contribution in [0.5, 0.6) is 0 Å². The van der Waals surface area contributed by atoms with Gasteiger partial charge in [-0.3, -0.25) is 9.69 Å². The highest BCUT2D eigenvalue weighted by Gasteiger charge is 2.34. The molecule has 142 valence electrons. The highest BCUT2D eigenvalue weighted by molar-refractivity contribution is 5.85. The van der Waals surface area contributed by atoms with Gasteiger partial charge in [0.05, 0.1) is 12.6 Å². The Bertz CT molecular complexity index is 523. The average Bonchev–Trinajstić information content (AvgIpc) is 2.62. The fourth-order valence-corrected chi connectivity index (χ4v) is 3.87. The fourth-order valence-electron chi connectivity index (χ4n) is 3.87. The fraction of sp³-hybridized carbons (Fsp3) is 0.611. The highest BCUT2D eigenvalue weighted by Crippen LogP contribution is 2.28. The summed E-state index contributed by atoms with van der Waals surface area (Å²) in [5.41, 5.74) is 6.84. The number of rotatable bonds is 3.